The molecule has 0 unspecified atom stereocenters. The molecule has 3 aliphatic heterocycles. The van der Waals surface area contributed by atoms with Crippen molar-refractivity contribution in [3.63, 3.8) is 0 Å². The summed E-state index contributed by atoms with van der Waals surface area (Å²) in [5, 5.41) is 0. The SMILES string of the molecule is Cc1nc(F)c2c(-c3ccc(F)cc3C(=O)N3CCOC[C@H]3C)cc(C3CN([C@H](CC[C@@H]4CN(C(=O)OC(C)(C)C)CCO4)C(C)C)C3)cn12. The van der Waals surface area contributed by atoms with Crippen molar-refractivity contribution in [3.8, 4) is 11.1 Å². The monoisotopic (exact) mass is 695 g/mol. The highest BCUT2D eigenvalue weighted by molar-refractivity contribution is 6.03. The molecule has 0 bridgehead atoms. The largest absolute Gasteiger partial charge is 0.444 e. The van der Waals surface area contributed by atoms with E-state index in [0.29, 0.717) is 68.4 Å². The van der Waals surface area contributed by atoms with E-state index in [1.165, 1.54) is 12.1 Å². The summed E-state index contributed by atoms with van der Waals surface area (Å²) in [7, 11) is 0. The van der Waals surface area contributed by atoms with E-state index < -0.39 is 17.4 Å². The number of imidazole rings is 1. The number of fused-ring (bicyclic) bond motifs is 1. The van der Waals surface area contributed by atoms with Crippen LogP contribution in [0, 0.1) is 24.6 Å². The highest BCUT2D eigenvalue weighted by atomic mass is 19.1. The molecule has 272 valence electrons. The number of hydrogen-bond acceptors (Lipinski definition) is 7. The Kier molecular flexibility index (Phi) is 10.5. The summed E-state index contributed by atoms with van der Waals surface area (Å²) in [6.07, 6.45) is 3.36. The summed E-state index contributed by atoms with van der Waals surface area (Å²) in [4.78, 5) is 36.6. The zero-order valence-corrected chi connectivity index (χ0v) is 30.4. The lowest BCUT2D eigenvalue weighted by Crippen LogP contribution is -2.53. The van der Waals surface area contributed by atoms with Gasteiger partial charge in [0.25, 0.3) is 5.91 Å². The number of nitrogens with zero attached hydrogens (tertiary/aromatic N) is 5. The molecule has 1 aromatic carbocycles. The Morgan fingerprint density at radius 2 is 1.82 bits per heavy atom. The number of pyridine rings is 1. The summed E-state index contributed by atoms with van der Waals surface area (Å²) in [5.41, 5.74) is 1.93. The van der Waals surface area contributed by atoms with Crippen molar-refractivity contribution in [1.82, 2.24) is 24.1 Å². The predicted octanol–water partition coefficient (Wildman–Crippen LogP) is 6.29. The summed E-state index contributed by atoms with van der Waals surface area (Å²) < 4.78 is 49.1. The van der Waals surface area contributed by atoms with E-state index in [1.54, 1.807) is 27.2 Å². The van der Waals surface area contributed by atoms with Crippen molar-refractivity contribution in [3.05, 3.63) is 59.2 Å². The van der Waals surface area contributed by atoms with Crippen molar-refractivity contribution in [2.45, 2.75) is 91.0 Å². The lowest BCUT2D eigenvalue weighted by Gasteiger charge is -2.47. The molecule has 2 aromatic heterocycles. The fraction of sp³-hybridized carbons (Fsp3) is 0.605. The van der Waals surface area contributed by atoms with Gasteiger partial charge in [-0.1, -0.05) is 19.9 Å². The molecule has 0 saturated carbocycles. The second kappa shape index (κ2) is 14.6. The topological polar surface area (TPSA) is 88.9 Å². The van der Waals surface area contributed by atoms with Crippen molar-refractivity contribution in [2.24, 2.45) is 5.92 Å². The Morgan fingerprint density at radius 1 is 1.06 bits per heavy atom. The van der Waals surface area contributed by atoms with Crippen molar-refractivity contribution < 1.29 is 32.6 Å². The number of benzene rings is 1. The van der Waals surface area contributed by atoms with E-state index in [-0.39, 0.29) is 41.1 Å². The summed E-state index contributed by atoms with van der Waals surface area (Å²) >= 11 is 0. The van der Waals surface area contributed by atoms with Crippen molar-refractivity contribution in [2.75, 3.05) is 52.5 Å². The Balaban J connectivity index is 1.21. The number of amides is 2. The average Bonchev–Trinajstić information content (AvgIpc) is 3.33. The number of likely N-dealkylation sites (tertiary alicyclic amines) is 1. The number of aryl methyl sites for hydroxylation is 1. The van der Waals surface area contributed by atoms with Crippen LogP contribution in [0.1, 0.15) is 82.0 Å². The fourth-order valence-electron chi connectivity index (χ4n) is 7.55. The van der Waals surface area contributed by atoms with Gasteiger partial charge in [0, 0.05) is 49.9 Å². The van der Waals surface area contributed by atoms with Gasteiger partial charge in [0.2, 0.25) is 5.95 Å². The lowest BCUT2D eigenvalue weighted by atomic mass is 9.85. The Bertz CT molecular complexity index is 1720. The maximum absolute atomic E-state index is 15.5. The molecule has 6 rings (SSSR count). The van der Waals surface area contributed by atoms with Crippen LogP contribution in [-0.2, 0) is 14.2 Å². The van der Waals surface area contributed by atoms with Gasteiger partial charge in [-0.15, -0.1) is 0 Å². The molecule has 3 aromatic rings. The number of hydrogen-bond donors (Lipinski definition) is 0. The van der Waals surface area contributed by atoms with Gasteiger partial charge < -0.3 is 28.4 Å². The second-order valence-electron chi connectivity index (χ2n) is 15.4. The van der Waals surface area contributed by atoms with Crippen LogP contribution in [-0.4, -0.2) is 112 Å². The number of carbonyl (C=O) groups is 2. The molecule has 0 N–H and O–H groups in total. The van der Waals surface area contributed by atoms with Crippen LogP contribution in [0.25, 0.3) is 16.6 Å². The van der Waals surface area contributed by atoms with Gasteiger partial charge in [-0.05, 0) is 82.7 Å². The zero-order valence-electron chi connectivity index (χ0n) is 30.4. The first-order chi connectivity index (χ1) is 23.7. The average molecular weight is 696 g/mol. The highest BCUT2D eigenvalue weighted by Gasteiger charge is 2.37. The first-order valence-corrected chi connectivity index (χ1v) is 17.9. The number of carbonyl (C=O) groups excluding carboxylic acids is 2. The van der Waals surface area contributed by atoms with Gasteiger partial charge in [-0.25, -0.2) is 14.2 Å². The fourth-order valence-corrected chi connectivity index (χ4v) is 7.55. The van der Waals surface area contributed by atoms with Crippen LogP contribution in [0.2, 0.25) is 0 Å². The minimum Gasteiger partial charge on any atom is -0.444 e. The Hall–Kier alpha value is -3.61. The zero-order chi connectivity index (χ0) is 35.9. The number of morpholine rings is 2. The van der Waals surface area contributed by atoms with E-state index >= 15 is 4.39 Å². The molecular weight excluding hydrogens is 644 g/mol. The Morgan fingerprint density at radius 3 is 2.52 bits per heavy atom. The van der Waals surface area contributed by atoms with Gasteiger partial charge in [0.1, 0.15) is 22.8 Å². The minimum atomic E-state index is -0.628. The number of ether oxygens (including phenoxy) is 3. The maximum atomic E-state index is 15.5. The molecule has 2 amide bonds. The van der Waals surface area contributed by atoms with E-state index in [4.69, 9.17) is 14.2 Å². The lowest BCUT2D eigenvalue weighted by molar-refractivity contribution is -0.0495. The van der Waals surface area contributed by atoms with Crippen molar-refractivity contribution in [1.29, 1.82) is 0 Å². The molecule has 50 heavy (non-hydrogen) atoms. The first kappa shape index (κ1) is 36.2. The molecule has 10 nitrogen and oxygen atoms in total. The van der Waals surface area contributed by atoms with E-state index in [1.807, 2.05) is 40.0 Å². The van der Waals surface area contributed by atoms with Crippen LogP contribution in [0.5, 0.6) is 0 Å². The molecule has 5 heterocycles. The van der Waals surface area contributed by atoms with Gasteiger partial charge in [-0.2, -0.15) is 4.39 Å². The molecule has 3 aliphatic rings. The van der Waals surface area contributed by atoms with E-state index in [9.17, 15) is 14.0 Å². The molecule has 0 spiro atoms. The second-order valence-corrected chi connectivity index (χ2v) is 15.4. The summed E-state index contributed by atoms with van der Waals surface area (Å²) in [6.45, 7) is 18.1. The third kappa shape index (κ3) is 7.67. The predicted molar refractivity (Wildman–Crippen MR) is 186 cm³/mol. The number of aromatic nitrogens is 2. The van der Waals surface area contributed by atoms with Crippen LogP contribution in [0.15, 0.2) is 30.5 Å². The summed E-state index contributed by atoms with van der Waals surface area (Å²) in [5.74, 6) is -0.378. The normalized spacial score (nSPS) is 21.5. The standard InChI is InChI=1S/C38H51F2N5O5/c1-23(2)33(11-9-29-21-42(12-15-49-29)37(47)50-38(5,6)7)43-18-27(19-43)26-16-31(34-35(40)41-25(4)45(34)20-26)30-10-8-28(39)17-32(30)36(46)44-13-14-48-22-24(44)3/h8,10,16-17,20,23-24,27,29,33H,9,11-15,18-19,21-22H2,1-7H3/t24-,29-,33-/m1/s1. The molecular formula is C38H51F2N5O5. The Labute approximate surface area is 293 Å². The third-order valence-electron chi connectivity index (χ3n) is 10.2. The van der Waals surface area contributed by atoms with Crippen molar-refractivity contribution >= 4 is 17.5 Å². The molecule has 3 saturated heterocycles. The molecule has 3 fully saturated rings. The van der Waals surface area contributed by atoms with Crippen LogP contribution in [0.3, 0.4) is 0 Å². The third-order valence-corrected chi connectivity index (χ3v) is 10.2. The highest BCUT2D eigenvalue weighted by Crippen LogP contribution is 2.38. The first-order valence-electron chi connectivity index (χ1n) is 17.9. The molecule has 0 aliphatic carbocycles. The van der Waals surface area contributed by atoms with Gasteiger partial charge in [0.15, 0.2) is 0 Å². The molecule has 12 heteroatoms. The van der Waals surface area contributed by atoms with Gasteiger partial charge in [0.05, 0.1) is 44.1 Å². The summed E-state index contributed by atoms with van der Waals surface area (Å²) in [6, 6.07) is 6.26. The molecule has 0 radical (unpaired) electrons. The van der Waals surface area contributed by atoms with E-state index in [0.717, 1.165) is 31.5 Å². The van der Waals surface area contributed by atoms with Crippen LogP contribution < -0.4 is 0 Å². The van der Waals surface area contributed by atoms with Gasteiger partial charge >= 0.3 is 6.09 Å². The number of halogens is 2. The minimum absolute atomic E-state index is 0.0493. The van der Waals surface area contributed by atoms with Gasteiger partial charge in [-0.3, -0.25) is 9.69 Å². The molecule has 3 atom stereocenters. The smallest absolute Gasteiger partial charge is 0.410 e. The maximum Gasteiger partial charge on any atom is 0.410 e. The number of rotatable bonds is 8. The van der Waals surface area contributed by atoms with Crippen LogP contribution in [0.4, 0.5) is 13.6 Å². The van der Waals surface area contributed by atoms with Crippen LogP contribution >= 0.6 is 0 Å². The van der Waals surface area contributed by atoms with E-state index in [2.05, 4.69) is 23.7 Å². The quantitative estimate of drug-likeness (QED) is 0.274.